The molecule has 6 nitrogen and oxygen atoms in total. The van der Waals surface area contributed by atoms with Crippen molar-refractivity contribution in [1.29, 1.82) is 0 Å². The summed E-state index contributed by atoms with van der Waals surface area (Å²) in [6.45, 7) is 1.50. The van der Waals surface area contributed by atoms with Crippen molar-refractivity contribution in [3.63, 3.8) is 0 Å². The lowest BCUT2D eigenvalue weighted by Gasteiger charge is -2.25. The van der Waals surface area contributed by atoms with Gasteiger partial charge in [0.05, 0.1) is 19.3 Å². The number of nitrogens with zero attached hydrogens (tertiary/aromatic N) is 1. The summed E-state index contributed by atoms with van der Waals surface area (Å²) in [5.41, 5.74) is 0. The molecule has 0 aromatic rings. The maximum atomic E-state index is 12.3. The Morgan fingerprint density at radius 3 is 2.63 bits per heavy atom. The first-order valence-electron chi connectivity index (χ1n) is 6.82. The second kappa shape index (κ2) is 6.19. The molecule has 0 radical (unpaired) electrons. The third-order valence-electron chi connectivity index (χ3n) is 3.67. The van der Waals surface area contributed by atoms with Gasteiger partial charge in [-0.05, 0) is 32.2 Å². The molecule has 1 atom stereocenters. The molecule has 1 N–H and O–H groups in total. The Hall–Kier alpha value is -0.660. The largest absolute Gasteiger partial charge is 0.469 e. The summed E-state index contributed by atoms with van der Waals surface area (Å²) in [4.78, 5) is 11.1. The molecule has 2 aliphatic rings. The van der Waals surface area contributed by atoms with Crippen LogP contribution in [0.1, 0.15) is 32.1 Å². The summed E-state index contributed by atoms with van der Waals surface area (Å²) in [5.74, 6) is -0.624. The molecule has 0 aromatic carbocycles. The first-order valence-corrected chi connectivity index (χ1v) is 8.43. The minimum atomic E-state index is -3.36. The molecule has 1 unspecified atom stereocenters. The number of carbonyl (C=O) groups is 1. The van der Waals surface area contributed by atoms with E-state index in [0.717, 1.165) is 32.2 Å². The third-order valence-corrected chi connectivity index (χ3v) is 5.55. The Labute approximate surface area is 114 Å². The fraction of sp³-hybridized carbons (Fsp3) is 0.917. The average molecular weight is 290 g/mol. The van der Waals surface area contributed by atoms with Gasteiger partial charge in [-0.3, -0.25) is 4.79 Å². The second-order valence-corrected chi connectivity index (χ2v) is 7.28. The van der Waals surface area contributed by atoms with Crippen LogP contribution in [0, 0.1) is 0 Å². The van der Waals surface area contributed by atoms with Crippen LogP contribution in [-0.2, 0) is 19.6 Å². The number of hydrogen-bond acceptors (Lipinski definition) is 5. The van der Waals surface area contributed by atoms with Crippen molar-refractivity contribution in [3.8, 4) is 0 Å². The zero-order chi connectivity index (χ0) is 13.9. The lowest BCUT2D eigenvalue weighted by atomic mass is 10.2. The van der Waals surface area contributed by atoms with Crippen LogP contribution < -0.4 is 5.32 Å². The predicted molar refractivity (Wildman–Crippen MR) is 71.2 cm³/mol. The van der Waals surface area contributed by atoms with E-state index in [9.17, 15) is 13.2 Å². The van der Waals surface area contributed by atoms with E-state index < -0.39 is 16.0 Å². The molecule has 2 rings (SSSR count). The molecule has 110 valence electrons. The van der Waals surface area contributed by atoms with Crippen molar-refractivity contribution >= 4 is 16.0 Å². The van der Waals surface area contributed by atoms with Crippen molar-refractivity contribution in [1.82, 2.24) is 9.62 Å². The maximum Gasteiger partial charge on any atom is 0.306 e. The predicted octanol–water partition coefficient (Wildman–Crippen LogP) is 0.0957. The lowest BCUT2D eigenvalue weighted by molar-refractivity contribution is -0.140. The topological polar surface area (TPSA) is 75.7 Å². The van der Waals surface area contributed by atoms with Gasteiger partial charge < -0.3 is 10.1 Å². The highest BCUT2D eigenvalue weighted by Gasteiger charge is 2.38. The summed E-state index contributed by atoms with van der Waals surface area (Å²) >= 11 is 0. The van der Waals surface area contributed by atoms with Gasteiger partial charge in [-0.15, -0.1) is 0 Å². The van der Waals surface area contributed by atoms with Crippen LogP contribution in [0.25, 0.3) is 0 Å². The molecular formula is C12H22N2O4S. The minimum Gasteiger partial charge on any atom is -0.469 e. The van der Waals surface area contributed by atoms with E-state index in [4.69, 9.17) is 0 Å². The van der Waals surface area contributed by atoms with Crippen LogP contribution in [0.15, 0.2) is 0 Å². The van der Waals surface area contributed by atoms with Crippen LogP contribution in [0.3, 0.4) is 0 Å². The molecule has 0 aromatic heterocycles. The molecule has 1 aliphatic carbocycles. The van der Waals surface area contributed by atoms with E-state index >= 15 is 0 Å². The summed E-state index contributed by atoms with van der Waals surface area (Å²) in [7, 11) is -2.09. The van der Waals surface area contributed by atoms with Crippen molar-refractivity contribution in [2.75, 3.05) is 26.0 Å². The van der Waals surface area contributed by atoms with Crippen LogP contribution in [0.5, 0.6) is 0 Å². The Balaban J connectivity index is 1.94. The lowest BCUT2D eigenvalue weighted by Crippen LogP contribution is -2.43. The molecule has 19 heavy (non-hydrogen) atoms. The molecule has 2 fully saturated rings. The molecule has 0 amide bonds. The van der Waals surface area contributed by atoms with E-state index in [1.165, 1.54) is 7.11 Å². The highest BCUT2D eigenvalue weighted by atomic mass is 32.2. The number of nitrogens with one attached hydrogen (secondary N) is 1. The van der Waals surface area contributed by atoms with Gasteiger partial charge in [-0.1, -0.05) is 0 Å². The van der Waals surface area contributed by atoms with Crippen molar-refractivity contribution in [3.05, 3.63) is 0 Å². The molecule has 1 heterocycles. The van der Waals surface area contributed by atoms with E-state index in [-0.39, 0.29) is 24.3 Å². The van der Waals surface area contributed by atoms with E-state index in [1.54, 1.807) is 4.31 Å². The molecule has 0 spiro atoms. The monoisotopic (exact) mass is 290 g/mol. The van der Waals surface area contributed by atoms with Crippen molar-refractivity contribution < 1.29 is 17.9 Å². The van der Waals surface area contributed by atoms with Crippen molar-refractivity contribution in [2.24, 2.45) is 0 Å². The van der Waals surface area contributed by atoms with Gasteiger partial charge in [0.1, 0.15) is 0 Å². The van der Waals surface area contributed by atoms with Gasteiger partial charge in [-0.25, -0.2) is 8.42 Å². The SMILES string of the molecule is COC(=O)CCS(=O)(=O)N(CC1CCCN1)C1CC1. The summed E-state index contributed by atoms with van der Waals surface area (Å²) in [6, 6.07) is 0.401. The van der Waals surface area contributed by atoms with Crippen molar-refractivity contribution in [2.45, 2.75) is 44.2 Å². The zero-order valence-electron chi connectivity index (χ0n) is 11.3. The maximum absolute atomic E-state index is 12.3. The van der Waals surface area contributed by atoms with Gasteiger partial charge in [0.2, 0.25) is 10.0 Å². The van der Waals surface area contributed by atoms with E-state index in [1.807, 2.05) is 0 Å². The number of esters is 1. The first kappa shape index (κ1) is 14.7. The van der Waals surface area contributed by atoms with Crippen LogP contribution in [0.2, 0.25) is 0 Å². The average Bonchev–Trinajstić information content (AvgIpc) is 3.09. The number of hydrogen-bond donors (Lipinski definition) is 1. The standard InChI is InChI=1S/C12H22N2O4S/c1-18-12(15)6-8-19(16,17)14(11-4-5-11)9-10-3-2-7-13-10/h10-11,13H,2-9H2,1H3. The molecule has 0 bridgehead atoms. The van der Waals surface area contributed by atoms with E-state index in [2.05, 4.69) is 10.1 Å². The Bertz CT molecular complexity index is 413. The van der Waals surface area contributed by atoms with Gasteiger partial charge >= 0.3 is 5.97 Å². The first-order chi connectivity index (χ1) is 9.03. The Morgan fingerprint density at radius 2 is 2.11 bits per heavy atom. The quantitative estimate of drug-likeness (QED) is 0.673. The number of carbonyl (C=O) groups excluding carboxylic acids is 1. The highest BCUT2D eigenvalue weighted by molar-refractivity contribution is 7.89. The fourth-order valence-electron chi connectivity index (χ4n) is 2.41. The zero-order valence-corrected chi connectivity index (χ0v) is 12.1. The molecule has 7 heteroatoms. The smallest absolute Gasteiger partial charge is 0.306 e. The molecule has 1 saturated carbocycles. The minimum absolute atomic E-state index is 0.0693. The summed E-state index contributed by atoms with van der Waals surface area (Å²) in [5, 5.41) is 3.32. The fourth-order valence-corrected chi connectivity index (χ4v) is 4.14. The number of sulfonamides is 1. The van der Waals surface area contributed by atoms with Gasteiger partial charge in [0.15, 0.2) is 0 Å². The Morgan fingerprint density at radius 1 is 1.37 bits per heavy atom. The summed E-state index contributed by atoms with van der Waals surface area (Å²) < 4.78 is 30.7. The van der Waals surface area contributed by atoms with Gasteiger partial charge in [-0.2, -0.15) is 4.31 Å². The second-order valence-electron chi connectivity index (χ2n) is 5.24. The van der Waals surface area contributed by atoms with Crippen LogP contribution >= 0.6 is 0 Å². The molecule has 1 saturated heterocycles. The van der Waals surface area contributed by atoms with Gasteiger partial charge in [0.25, 0.3) is 0 Å². The number of rotatable bonds is 7. The summed E-state index contributed by atoms with van der Waals surface area (Å²) in [6.07, 6.45) is 3.93. The van der Waals surface area contributed by atoms with Crippen LogP contribution in [-0.4, -0.2) is 56.7 Å². The normalized spacial score (nSPS) is 23.8. The Kier molecular flexibility index (Phi) is 4.81. The highest BCUT2D eigenvalue weighted by Crippen LogP contribution is 2.30. The van der Waals surface area contributed by atoms with Gasteiger partial charge in [0, 0.05) is 18.6 Å². The number of methoxy groups -OCH3 is 1. The van der Waals surface area contributed by atoms with Crippen LogP contribution in [0.4, 0.5) is 0 Å². The van der Waals surface area contributed by atoms with E-state index in [0.29, 0.717) is 6.54 Å². The molecular weight excluding hydrogens is 268 g/mol. The molecule has 1 aliphatic heterocycles. The number of ether oxygens (including phenoxy) is 1. The third kappa shape index (κ3) is 4.15.